The second-order valence-electron chi connectivity index (χ2n) is 8.01. The molecule has 0 aromatic heterocycles. The molecule has 2 amide bonds. The molecule has 0 saturated carbocycles. The fraction of sp³-hybridized carbons (Fsp3) is 0.364. The van der Waals surface area contributed by atoms with E-state index in [9.17, 15) is 22.8 Å². The molecular weight excluding hydrogens is 397 g/mol. The molecule has 0 aliphatic heterocycles. The van der Waals surface area contributed by atoms with E-state index in [-0.39, 0.29) is 12.0 Å². The molecule has 0 bridgehead atoms. The zero-order chi connectivity index (χ0) is 22.6. The number of anilines is 1. The Kier molecular flexibility index (Phi) is 7.12. The molecule has 0 fully saturated rings. The summed E-state index contributed by atoms with van der Waals surface area (Å²) in [5.74, 6) is -2.57. The largest absolute Gasteiger partial charge is 0.444 e. The molecular formula is C22H25F3N2O3. The summed E-state index contributed by atoms with van der Waals surface area (Å²) in [5.41, 5.74) is 0.129. The van der Waals surface area contributed by atoms with Crippen molar-refractivity contribution in [2.24, 2.45) is 0 Å². The average molecular weight is 422 g/mol. The molecule has 1 N–H and O–H groups in total. The van der Waals surface area contributed by atoms with Gasteiger partial charge in [-0.3, -0.25) is 4.79 Å². The van der Waals surface area contributed by atoms with Gasteiger partial charge in [-0.1, -0.05) is 0 Å². The van der Waals surface area contributed by atoms with E-state index in [0.29, 0.717) is 11.3 Å². The van der Waals surface area contributed by atoms with Gasteiger partial charge in [-0.25, -0.2) is 18.0 Å². The van der Waals surface area contributed by atoms with Crippen LogP contribution in [0, 0.1) is 24.4 Å². The number of hydrogen-bond acceptors (Lipinski definition) is 3. The lowest BCUT2D eigenvalue weighted by Gasteiger charge is -2.27. The van der Waals surface area contributed by atoms with Crippen LogP contribution in [0.4, 0.5) is 23.7 Å². The molecule has 162 valence electrons. The second kappa shape index (κ2) is 9.19. The third-order valence-electron chi connectivity index (χ3n) is 4.21. The highest BCUT2D eigenvalue weighted by Crippen LogP contribution is 2.19. The summed E-state index contributed by atoms with van der Waals surface area (Å²) in [5, 5.41) is 2.47. The van der Waals surface area contributed by atoms with Gasteiger partial charge in [0.05, 0.1) is 0 Å². The molecule has 0 aliphatic rings. The number of nitrogens with zero attached hydrogens (tertiary/aromatic N) is 1. The normalized spacial score (nSPS) is 12.3. The third-order valence-corrected chi connectivity index (χ3v) is 4.21. The average Bonchev–Trinajstić information content (AvgIpc) is 2.59. The van der Waals surface area contributed by atoms with Crippen LogP contribution < -0.4 is 10.2 Å². The molecule has 0 unspecified atom stereocenters. The number of nitrogens with one attached hydrogen (secondary N) is 1. The van der Waals surface area contributed by atoms with Crippen LogP contribution in [0.15, 0.2) is 36.4 Å². The monoisotopic (exact) mass is 422 g/mol. The lowest BCUT2D eigenvalue weighted by molar-refractivity contribution is -0.120. The molecule has 5 nitrogen and oxygen atoms in total. The van der Waals surface area contributed by atoms with Gasteiger partial charge in [-0.05, 0) is 69.2 Å². The van der Waals surface area contributed by atoms with Crippen LogP contribution in [0.25, 0.3) is 0 Å². The molecule has 30 heavy (non-hydrogen) atoms. The summed E-state index contributed by atoms with van der Waals surface area (Å²) >= 11 is 0. The molecule has 0 spiro atoms. The van der Waals surface area contributed by atoms with E-state index in [2.05, 4.69) is 5.32 Å². The van der Waals surface area contributed by atoms with E-state index in [1.807, 2.05) is 0 Å². The Labute approximate surface area is 173 Å². The van der Waals surface area contributed by atoms with E-state index in [1.165, 1.54) is 30.1 Å². The number of amides is 2. The van der Waals surface area contributed by atoms with Crippen molar-refractivity contribution >= 4 is 17.7 Å². The summed E-state index contributed by atoms with van der Waals surface area (Å²) in [6.45, 7) is 6.55. The van der Waals surface area contributed by atoms with E-state index in [1.54, 1.807) is 27.7 Å². The van der Waals surface area contributed by atoms with Crippen molar-refractivity contribution in [3.63, 3.8) is 0 Å². The topological polar surface area (TPSA) is 58.6 Å². The minimum atomic E-state index is -1.17. The first-order valence-corrected chi connectivity index (χ1v) is 9.34. The maximum Gasteiger partial charge on any atom is 0.408 e. The zero-order valence-corrected chi connectivity index (χ0v) is 17.6. The van der Waals surface area contributed by atoms with Gasteiger partial charge in [0.25, 0.3) is 0 Å². The molecule has 0 aliphatic carbocycles. The zero-order valence-electron chi connectivity index (χ0n) is 17.6. The highest BCUT2D eigenvalue weighted by atomic mass is 19.1. The molecule has 2 aromatic carbocycles. The van der Waals surface area contributed by atoms with Crippen LogP contribution in [0.2, 0.25) is 0 Å². The van der Waals surface area contributed by atoms with Crippen molar-refractivity contribution in [1.82, 2.24) is 5.32 Å². The maximum absolute atomic E-state index is 13.6. The number of carbonyl (C=O) groups excluding carboxylic acids is 2. The Balaban J connectivity index is 2.31. The lowest BCUT2D eigenvalue weighted by Crippen LogP contribution is -2.50. The van der Waals surface area contributed by atoms with Crippen molar-refractivity contribution in [2.75, 3.05) is 11.9 Å². The van der Waals surface area contributed by atoms with Gasteiger partial charge >= 0.3 is 6.09 Å². The van der Waals surface area contributed by atoms with Crippen LogP contribution in [-0.4, -0.2) is 30.7 Å². The molecule has 2 aromatic rings. The highest BCUT2D eigenvalue weighted by Gasteiger charge is 2.28. The number of hydrogen-bond donors (Lipinski definition) is 1. The van der Waals surface area contributed by atoms with Crippen molar-refractivity contribution in [1.29, 1.82) is 0 Å². The predicted molar refractivity (Wildman–Crippen MR) is 108 cm³/mol. The number of carbonyl (C=O) groups is 2. The van der Waals surface area contributed by atoms with Gasteiger partial charge in [-0.15, -0.1) is 0 Å². The van der Waals surface area contributed by atoms with Crippen LogP contribution in [0.1, 0.15) is 31.9 Å². The summed E-state index contributed by atoms with van der Waals surface area (Å²) in [4.78, 5) is 26.6. The lowest BCUT2D eigenvalue weighted by atomic mass is 10.0. The third kappa shape index (κ3) is 6.50. The van der Waals surface area contributed by atoms with Gasteiger partial charge in [0.2, 0.25) is 5.91 Å². The fourth-order valence-electron chi connectivity index (χ4n) is 2.81. The van der Waals surface area contributed by atoms with E-state index >= 15 is 0 Å². The first kappa shape index (κ1) is 23.3. The Hall–Kier alpha value is -3.03. The van der Waals surface area contributed by atoms with Gasteiger partial charge in [0.15, 0.2) is 0 Å². The SMILES string of the molecule is Cc1cc(N(C)C(=O)[C@H](Cc2cc(F)cc(F)c2)NC(=O)OC(C)(C)C)ccc1F. The van der Waals surface area contributed by atoms with Gasteiger partial charge in [0.1, 0.15) is 29.1 Å². The first-order valence-electron chi connectivity index (χ1n) is 9.34. The van der Waals surface area contributed by atoms with Crippen LogP contribution in [-0.2, 0) is 16.0 Å². The minimum Gasteiger partial charge on any atom is -0.444 e. The van der Waals surface area contributed by atoms with Crippen molar-refractivity contribution in [2.45, 2.75) is 45.8 Å². The number of likely N-dealkylation sites (N-methyl/N-ethyl adjacent to an activating group) is 1. The van der Waals surface area contributed by atoms with Crippen molar-refractivity contribution in [3.8, 4) is 0 Å². The van der Waals surface area contributed by atoms with E-state index < -0.39 is 41.1 Å². The molecule has 2 rings (SSSR count). The fourth-order valence-corrected chi connectivity index (χ4v) is 2.81. The molecule has 1 atom stereocenters. The van der Waals surface area contributed by atoms with E-state index in [4.69, 9.17) is 4.74 Å². The second-order valence-corrected chi connectivity index (χ2v) is 8.01. The standard InChI is InChI=1S/C22H25F3N2O3/c1-13-8-17(6-7-18(13)25)27(5)20(28)19(26-21(29)30-22(2,3)4)11-14-9-15(23)12-16(24)10-14/h6-10,12,19H,11H2,1-5H3,(H,26,29)/t19-/m0/s1. The quantitative estimate of drug-likeness (QED) is 0.771. The van der Waals surface area contributed by atoms with Crippen LogP contribution in [0.5, 0.6) is 0 Å². The number of rotatable bonds is 5. The van der Waals surface area contributed by atoms with Gasteiger partial charge in [0, 0.05) is 25.2 Å². The smallest absolute Gasteiger partial charge is 0.408 e. The molecule has 8 heteroatoms. The summed E-state index contributed by atoms with van der Waals surface area (Å²) in [7, 11) is 1.46. The predicted octanol–water partition coefficient (Wildman–Crippen LogP) is 4.51. The van der Waals surface area contributed by atoms with Gasteiger partial charge in [-0.2, -0.15) is 0 Å². The van der Waals surface area contributed by atoms with Crippen molar-refractivity contribution < 1.29 is 27.5 Å². The molecule has 0 saturated heterocycles. The Morgan fingerprint density at radius 2 is 1.67 bits per heavy atom. The Bertz CT molecular complexity index is 921. The van der Waals surface area contributed by atoms with Crippen molar-refractivity contribution in [3.05, 3.63) is 65.0 Å². The summed E-state index contributed by atoms with van der Waals surface area (Å²) < 4.78 is 45.9. The van der Waals surface area contributed by atoms with Crippen LogP contribution >= 0.6 is 0 Å². The summed E-state index contributed by atoms with van der Waals surface area (Å²) in [6.07, 6.45) is -1.02. The molecule has 0 radical (unpaired) electrons. The Morgan fingerprint density at radius 1 is 1.07 bits per heavy atom. The number of halogens is 3. The highest BCUT2D eigenvalue weighted by molar-refractivity contribution is 5.98. The maximum atomic E-state index is 13.6. The number of aryl methyl sites for hydroxylation is 1. The number of benzene rings is 2. The van der Waals surface area contributed by atoms with Gasteiger partial charge < -0.3 is 15.0 Å². The Morgan fingerprint density at radius 3 is 2.20 bits per heavy atom. The number of ether oxygens (including phenoxy) is 1. The van der Waals surface area contributed by atoms with E-state index in [0.717, 1.165) is 18.2 Å². The molecule has 0 heterocycles. The summed E-state index contributed by atoms with van der Waals surface area (Å²) in [6, 6.07) is 5.86. The van der Waals surface area contributed by atoms with Crippen LogP contribution in [0.3, 0.4) is 0 Å². The first-order chi connectivity index (χ1) is 13.9. The minimum absolute atomic E-state index is 0.169. The number of alkyl carbamates (subject to hydrolysis) is 1.